The molecule has 2 heterocycles. The molecule has 1 atom stereocenters. The molecule has 19 heavy (non-hydrogen) atoms. The van der Waals surface area contributed by atoms with Gasteiger partial charge in [0, 0.05) is 24.4 Å². The fourth-order valence-electron chi connectivity index (χ4n) is 2.67. The fourth-order valence-corrected chi connectivity index (χ4v) is 3.88. The van der Waals surface area contributed by atoms with Crippen LogP contribution in [0.4, 0.5) is 10.5 Å². The van der Waals surface area contributed by atoms with Gasteiger partial charge in [0.05, 0.1) is 0 Å². The molecule has 102 valence electrons. The van der Waals surface area contributed by atoms with E-state index in [0.717, 1.165) is 30.7 Å². The van der Waals surface area contributed by atoms with Gasteiger partial charge in [0.25, 0.3) is 0 Å². The van der Waals surface area contributed by atoms with Crippen LogP contribution in [0.1, 0.15) is 19.3 Å². The Morgan fingerprint density at radius 1 is 1.26 bits per heavy atom. The monoisotopic (exact) mass is 279 g/mol. The van der Waals surface area contributed by atoms with Crippen molar-refractivity contribution in [3.63, 3.8) is 0 Å². The summed E-state index contributed by atoms with van der Waals surface area (Å²) < 4.78 is 5.72. The first-order chi connectivity index (χ1) is 9.19. The molecule has 1 unspecified atom stereocenters. The third-order valence-electron chi connectivity index (χ3n) is 3.76. The zero-order valence-corrected chi connectivity index (χ0v) is 11.5. The third-order valence-corrected chi connectivity index (χ3v) is 5.07. The molecule has 2 aliphatic heterocycles. The molecule has 1 aromatic rings. The van der Waals surface area contributed by atoms with Gasteiger partial charge in [0.2, 0.25) is 0 Å². The minimum absolute atomic E-state index is 0.203. The van der Waals surface area contributed by atoms with Gasteiger partial charge in [0.1, 0.15) is 11.4 Å². The molecule has 1 N–H and O–H groups in total. The Morgan fingerprint density at radius 3 is 2.68 bits per heavy atom. The summed E-state index contributed by atoms with van der Waals surface area (Å²) in [4.78, 5) is 13.8. The smallest absolute Gasteiger partial charge is 0.414 e. The van der Waals surface area contributed by atoms with Crippen molar-refractivity contribution in [2.24, 2.45) is 0 Å². The number of anilines is 1. The number of hydrogen-bond donors (Lipinski definition) is 1. The van der Waals surface area contributed by atoms with E-state index in [0.29, 0.717) is 6.54 Å². The Morgan fingerprint density at radius 2 is 2.05 bits per heavy atom. The van der Waals surface area contributed by atoms with Gasteiger partial charge < -0.3 is 9.84 Å². The standard InChI is InChI=1S/C14H17NO3S/c16-12-4-2-11(3-5-12)15-8-7-14(18-13(15)17)6-1-9-19-10-14/h2-5,16H,1,6-10H2. The highest BCUT2D eigenvalue weighted by Crippen LogP contribution is 2.37. The number of rotatable bonds is 1. The molecule has 4 nitrogen and oxygen atoms in total. The minimum Gasteiger partial charge on any atom is -0.508 e. The van der Waals surface area contributed by atoms with Gasteiger partial charge in [-0.3, -0.25) is 4.90 Å². The van der Waals surface area contributed by atoms with Gasteiger partial charge >= 0.3 is 6.09 Å². The van der Waals surface area contributed by atoms with Crippen LogP contribution in [0.3, 0.4) is 0 Å². The largest absolute Gasteiger partial charge is 0.508 e. The summed E-state index contributed by atoms with van der Waals surface area (Å²) in [5, 5.41) is 9.28. The van der Waals surface area contributed by atoms with Crippen molar-refractivity contribution in [1.29, 1.82) is 0 Å². The van der Waals surface area contributed by atoms with E-state index in [-0.39, 0.29) is 17.4 Å². The number of aromatic hydroxyl groups is 1. The molecule has 2 saturated heterocycles. The summed E-state index contributed by atoms with van der Waals surface area (Å²) in [6.45, 7) is 0.685. The van der Waals surface area contributed by atoms with E-state index in [4.69, 9.17) is 4.74 Å². The number of carbonyl (C=O) groups excluding carboxylic acids is 1. The van der Waals surface area contributed by atoms with Crippen LogP contribution in [-0.4, -0.2) is 34.9 Å². The summed E-state index contributed by atoms with van der Waals surface area (Å²) in [6.07, 6.45) is 2.72. The summed E-state index contributed by atoms with van der Waals surface area (Å²) in [5.41, 5.74) is 0.536. The highest BCUT2D eigenvalue weighted by Gasteiger charge is 2.42. The summed E-state index contributed by atoms with van der Waals surface area (Å²) >= 11 is 1.87. The number of carbonyl (C=O) groups is 1. The third kappa shape index (κ3) is 2.52. The molecular formula is C14H17NO3S. The summed E-state index contributed by atoms with van der Waals surface area (Å²) in [5.74, 6) is 2.29. The number of phenols is 1. The number of hydrogen-bond acceptors (Lipinski definition) is 4. The molecular weight excluding hydrogens is 262 g/mol. The molecule has 1 spiro atoms. The Hall–Kier alpha value is -1.36. The van der Waals surface area contributed by atoms with Crippen molar-refractivity contribution in [3.05, 3.63) is 24.3 Å². The van der Waals surface area contributed by atoms with Gasteiger partial charge in [-0.2, -0.15) is 11.8 Å². The quantitative estimate of drug-likeness (QED) is 0.858. The number of ether oxygens (including phenoxy) is 1. The molecule has 2 fully saturated rings. The van der Waals surface area contributed by atoms with Crippen molar-refractivity contribution in [2.45, 2.75) is 24.9 Å². The van der Waals surface area contributed by atoms with E-state index >= 15 is 0 Å². The van der Waals surface area contributed by atoms with Crippen molar-refractivity contribution < 1.29 is 14.6 Å². The Balaban J connectivity index is 1.74. The molecule has 0 saturated carbocycles. The van der Waals surface area contributed by atoms with Gasteiger partial charge in [-0.1, -0.05) is 0 Å². The van der Waals surface area contributed by atoms with Crippen LogP contribution in [-0.2, 0) is 4.74 Å². The molecule has 0 aromatic heterocycles. The maximum Gasteiger partial charge on any atom is 0.414 e. The Labute approximate surface area is 116 Å². The number of phenolic OH excluding ortho intramolecular Hbond substituents is 1. The zero-order chi connectivity index (χ0) is 13.3. The average molecular weight is 279 g/mol. The lowest BCUT2D eigenvalue weighted by molar-refractivity contribution is 0.00464. The predicted octanol–water partition coefficient (Wildman–Crippen LogP) is 3.00. The second kappa shape index (κ2) is 4.96. The first kappa shape index (κ1) is 12.7. The number of nitrogens with zero attached hydrogens (tertiary/aromatic N) is 1. The lowest BCUT2D eigenvalue weighted by atomic mass is 9.94. The lowest BCUT2D eigenvalue weighted by Crippen LogP contribution is -2.52. The minimum atomic E-state index is -0.264. The second-order valence-corrected chi connectivity index (χ2v) is 6.23. The normalized spacial score (nSPS) is 27.4. The van der Waals surface area contributed by atoms with E-state index < -0.39 is 0 Å². The molecule has 0 radical (unpaired) electrons. The van der Waals surface area contributed by atoms with Crippen molar-refractivity contribution in [1.82, 2.24) is 0 Å². The van der Waals surface area contributed by atoms with Crippen LogP contribution in [0.15, 0.2) is 24.3 Å². The molecule has 1 amide bonds. The van der Waals surface area contributed by atoms with E-state index in [2.05, 4.69) is 0 Å². The lowest BCUT2D eigenvalue weighted by Gasteiger charge is -2.43. The molecule has 3 rings (SSSR count). The highest BCUT2D eigenvalue weighted by atomic mass is 32.2. The first-order valence-electron chi connectivity index (χ1n) is 6.56. The van der Waals surface area contributed by atoms with E-state index in [9.17, 15) is 9.90 Å². The van der Waals surface area contributed by atoms with Crippen LogP contribution in [0.2, 0.25) is 0 Å². The van der Waals surface area contributed by atoms with Crippen LogP contribution in [0, 0.1) is 0 Å². The molecule has 5 heteroatoms. The SMILES string of the molecule is O=C1OC2(CCCSC2)CCN1c1ccc(O)cc1. The van der Waals surface area contributed by atoms with E-state index in [1.807, 2.05) is 11.8 Å². The van der Waals surface area contributed by atoms with Crippen LogP contribution in [0.25, 0.3) is 0 Å². The number of amides is 1. The van der Waals surface area contributed by atoms with Crippen LogP contribution >= 0.6 is 11.8 Å². The first-order valence-corrected chi connectivity index (χ1v) is 7.71. The van der Waals surface area contributed by atoms with Gasteiger partial charge in [-0.25, -0.2) is 4.79 Å². The van der Waals surface area contributed by atoms with Gasteiger partial charge in [-0.05, 0) is 42.9 Å². The topological polar surface area (TPSA) is 49.8 Å². The van der Waals surface area contributed by atoms with Crippen molar-refractivity contribution >= 4 is 23.5 Å². The summed E-state index contributed by atoms with van der Waals surface area (Å²) in [7, 11) is 0. The maximum absolute atomic E-state index is 12.2. The van der Waals surface area contributed by atoms with E-state index in [1.54, 1.807) is 29.2 Å². The maximum atomic E-state index is 12.2. The number of benzene rings is 1. The van der Waals surface area contributed by atoms with Crippen molar-refractivity contribution in [2.75, 3.05) is 23.0 Å². The number of thioether (sulfide) groups is 1. The van der Waals surface area contributed by atoms with Crippen LogP contribution in [0.5, 0.6) is 5.75 Å². The summed E-state index contributed by atoms with van der Waals surface area (Å²) in [6, 6.07) is 6.65. The highest BCUT2D eigenvalue weighted by molar-refractivity contribution is 7.99. The fraction of sp³-hybridized carbons (Fsp3) is 0.500. The molecule has 2 aliphatic rings. The second-order valence-electron chi connectivity index (χ2n) is 5.13. The van der Waals surface area contributed by atoms with Crippen molar-refractivity contribution in [3.8, 4) is 5.75 Å². The molecule has 1 aromatic carbocycles. The average Bonchev–Trinajstić information content (AvgIpc) is 2.41. The van der Waals surface area contributed by atoms with Gasteiger partial charge in [-0.15, -0.1) is 0 Å². The van der Waals surface area contributed by atoms with Gasteiger partial charge in [0.15, 0.2) is 0 Å². The molecule has 0 aliphatic carbocycles. The molecule has 0 bridgehead atoms. The Bertz CT molecular complexity index is 468. The zero-order valence-electron chi connectivity index (χ0n) is 10.7. The predicted molar refractivity (Wildman–Crippen MR) is 75.8 cm³/mol. The Kier molecular flexibility index (Phi) is 3.31. The van der Waals surface area contributed by atoms with Crippen LogP contribution < -0.4 is 4.90 Å². The van der Waals surface area contributed by atoms with E-state index in [1.165, 1.54) is 5.75 Å².